The highest BCUT2D eigenvalue weighted by Gasteiger charge is 2.10. The molecular formula is C12H12NO6-3. The zero-order valence-corrected chi connectivity index (χ0v) is 10.0. The van der Waals surface area contributed by atoms with E-state index in [9.17, 15) is 24.9 Å². The summed E-state index contributed by atoms with van der Waals surface area (Å²) in [4.78, 5) is 22.2. The third-order valence-electron chi connectivity index (χ3n) is 2.23. The summed E-state index contributed by atoms with van der Waals surface area (Å²) in [6.07, 6.45) is 0. The van der Waals surface area contributed by atoms with Crippen LogP contribution in [0.5, 0.6) is 5.75 Å². The number of ether oxygens (including phenoxy) is 1. The molecule has 1 aromatic rings. The number of carboxylic acids is 2. The molecule has 0 atom stereocenters. The highest BCUT2D eigenvalue weighted by Crippen LogP contribution is 2.27. The van der Waals surface area contributed by atoms with E-state index in [-0.39, 0.29) is 12.3 Å². The topological polar surface area (TPSA) is 116 Å². The Bertz CT molecular complexity index is 448. The second-order valence-electron chi connectivity index (χ2n) is 3.63. The molecule has 1 aromatic carbocycles. The van der Waals surface area contributed by atoms with E-state index in [1.807, 2.05) is 0 Å². The molecule has 0 aromatic heterocycles. The molecule has 0 unspecified atom stereocenters. The molecule has 19 heavy (non-hydrogen) atoms. The average Bonchev–Trinajstić information content (AvgIpc) is 2.35. The van der Waals surface area contributed by atoms with Crippen molar-refractivity contribution in [2.45, 2.75) is 0 Å². The lowest BCUT2D eigenvalue weighted by molar-refractivity contribution is -0.364. The molecule has 7 nitrogen and oxygen atoms in total. The van der Waals surface area contributed by atoms with Crippen molar-refractivity contribution in [2.75, 3.05) is 31.2 Å². The fourth-order valence-electron chi connectivity index (χ4n) is 1.53. The zero-order chi connectivity index (χ0) is 14.3. The standard InChI is InChI=1S/C12H14NO6/c14-6-5-13(7-11(15)16)9-3-1-2-4-10(9)19-8-12(17)18/h1-4H,5-8H2,(H,15,16)(H,17,18)/q-1/p-2. The third-order valence-corrected chi connectivity index (χ3v) is 2.23. The summed E-state index contributed by atoms with van der Waals surface area (Å²) >= 11 is 0. The number of carbonyl (C=O) groups is 2. The molecule has 0 bridgehead atoms. The van der Waals surface area contributed by atoms with Crippen molar-refractivity contribution < 1.29 is 29.6 Å². The molecule has 0 amide bonds. The van der Waals surface area contributed by atoms with Crippen molar-refractivity contribution in [3.63, 3.8) is 0 Å². The maximum Gasteiger partial charge on any atom is 0.143 e. The lowest BCUT2D eigenvalue weighted by Gasteiger charge is -2.28. The van der Waals surface area contributed by atoms with Gasteiger partial charge in [-0.25, -0.2) is 0 Å². The van der Waals surface area contributed by atoms with Crippen molar-refractivity contribution in [3.05, 3.63) is 24.3 Å². The van der Waals surface area contributed by atoms with Gasteiger partial charge in [0.1, 0.15) is 12.4 Å². The molecule has 0 spiro atoms. The molecule has 0 heterocycles. The largest absolute Gasteiger partial charge is 0.853 e. The summed E-state index contributed by atoms with van der Waals surface area (Å²) in [5, 5.41) is 31.7. The van der Waals surface area contributed by atoms with Gasteiger partial charge in [0.05, 0.1) is 24.2 Å². The summed E-state index contributed by atoms with van der Waals surface area (Å²) in [5.41, 5.74) is 0.323. The van der Waals surface area contributed by atoms with Crippen LogP contribution < -0.4 is 25.0 Å². The van der Waals surface area contributed by atoms with Crippen molar-refractivity contribution in [1.29, 1.82) is 0 Å². The van der Waals surface area contributed by atoms with Crippen LogP contribution in [0.2, 0.25) is 0 Å². The molecule has 0 aliphatic carbocycles. The molecule has 0 saturated heterocycles. The number of carboxylic acid groups (broad SMARTS) is 2. The Hall–Kier alpha value is -2.28. The van der Waals surface area contributed by atoms with Gasteiger partial charge in [0.15, 0.2) is 0 Å². The van der Waals surface area contributed by atoms with Crippen LogP contribution in [0.15, 0.2) is 24.3 Å². The van der Waals surface area contributed by atoms with Crippen LogP contribution >= 0.6 is 0 Å². The van der Waals surface area contributed by atoms with Crippen LogP contribution in [-0.2, 0) is 9.59 Å². The quantitative estimate of drug-likeness (QED) is 0.484. The minimum Gasteiger partial charge on any atom is -0.853 e. The van der Waals surface area contributed by atoms with Crippen molar-refractivity contribution in [1.82, 2.24) is 0 Å². The highest BCUT2D eigenvalue weighted by atomic mass is 16.5. The lowest BCUT2D eigenvalue weighted by atomic mass is 10.2. The molecule has 1 rings (SSSR count). The second kappa shape index (κ2) is 7.22. The molecule has 0 fully saturated rings. The first kappa shape index (κ1) is 14.8. The van der Waals surface area contributed by atoms with Gasteiger partial charge >= 0.3 is 0 Å². The predicted molar refractivity (Wildman–Crippen MR) is 59.0 cm³/mol. The lowest BCUT2D eigenvalue weighted by Crippen LogP contribution is -2.41. The molecule has 0 N–H and O–H groups in total. The van der Waals surface area contributed by atoms with Gasteiger partial charge in [-0.15, -0.1) is 6.61 Å². The van der Waals surface area contributed by atoms with E-state index < -0.39 is 31.7 Å². The summed E-state index contributed by atoms with van der Waals surface area (Å²) in [7, 11) is 0. The number of hydrogen-bond acceptors (Lipinski definition) is 7. The van der Waals surface area contributed by atoms with E-state index in [0.717, 1.165) is 0 Å². The number of aliphatic carboxylic acids is 2. The average molecular weight is 266 g/mol. The van der Waals surface area contributed by atoms with Crippen LogP contribution in [0.3, 0.4) is 0 Å². The first-order chi connectivity index (χ1) is 9.04. The van der Waals surface area contributed by atoms with Crippen LogP contribution in [-0.4, -0.2) is 38.2 Å². The molecule has 0 aliphatic heterocycles. The van der Waals surface area contributed by atoms with Gasteiger partial charge in [0, 0.05) is 6.54 Å². The normalized spacial score (nSPS) is 9.95. The highest BCUT2D eigenvalue weighted by molar-refractivity contribution is 5.74. The molecular weight excluding hydrogens is 254 g/mol. The monoisotopic (exact) mass is 266 g/mol. The fraction of sp³-hybridized carbons (Fsp3) is 0.333. The van der Waals surface area contributed by atoms with E-state index in [1.165, 1.54) is 17.0 Å². The Kier molecular flexibility index (Phi) is 5.62. The van der Waals surface area contributed by atoms with Gasteiger partial charge in [-0.1, -0.05) is 12.1 Å². The Morgan fingerprint density at radius 3 is 2.42 bits per heavy atom. The Morgan fingerprint density at radius 1 is 1.16 bits per heavy atom. The van der Waals surface area contributed by atoms with Gasteiger partial charge in [0.25, 0.3) is 0 Å². The minimum absolute atomic E-state index is 0.0559. The Morgan fingerprint density at radius 2 is 1.84 bits per heavy atom. The molecule has 0 saturated carbocycles. The van der Waals surface area contributed by atoms with Gasteiger partial charge in [-0.2, -0.15) is 0 Å². The molecule has 104 valence electrons. The first-order valence-electron chi connectivity index (χ1n) is 5.49. The molecule has 7 heteroatoms. The van der Waals surface area contributed by atoms with E-state index in [4.69, 9.17) is 4.74 Å². The number of benzene rings is 1. The zero-order valence-electron chi connectivity index (χ0n) is 10.0. The summed E-state index contributed by atoms with van der Waals surface area (Å²) < 4.78 is 4.99. The number of hydrogen-bond donors (Lipinski definition) is 0. The minimum atomic E-state index is -1.40. The van der Waals surface area contributed by atoms with E-state index in [1.54, 1.807) is 12.1 Å². The van der Waals surface area contributed by atoms with E-state index >= 15 is 0 Å². The van der Waals surface area contributed by atoms with Gasteiger partial charge < -0.3 is 34.5 Å². The van der Waals surface area contributed by atoms with Crippen LogP contribution in [0, 0.1) is 0 Å². The smallest absolute Gasteiger partial charge is 0.143 e. The number of anilines is 1. The van der Waals surface area contributed by atoms with Crippen molar-refractivity contribution in [3.8, 4) is 5.75 Å². The predicted octanol–water partition coefficient (Wildman–Crippen LogP) is -3.27. The Balaban J connectivity index is 2.93. The van der Waals surface area contributed by atoms with Crippen LogP contribution in [0.25, 0.3) is 0 Å². The molecule has 0 radical (unpaired) electrons. The van der Waals surface area contributed by atoms with Gasteiger partial charge in [-0.3, -0.25) is 0 Å². The number of carbonyl (C=O) groups excluding carboxylic acids is 2. The maximum absolute atomic E-state index is 10.7. The number of nitrogens with zero attached hydrogens (tertiary/aromatic N) is 1. The van der Waals surface area contributed by atoms with Crippen molar-refractivity contribution >= 4 is 17.6 Å². The van der Waals surface area contributed by atoms with E-state index in [0.29, 0.717) is 5.69 Å². The van der Waals surface area contributed by atoms with E-state index in [2.05, 4.69) is 0 Å². The summed E-state index contributed by atoms with van der Waals surface area (Å²) in [6.45, 7) is -1.71. The summed E-state index contributed by atoms with van der Waals surface area (Å²) in [6, 6.07) is 6.23. The van der Waals surface area contributed by atoms with Crippen LogP contribution in [0.1, 0.15) is 0 Å². The number of para-hydroxylation sites is 2. The van der Waals surface area contributed by atoms with Gasteiger partial charge in [-0.05, 0) is 12.1 Å². The fourth-order valence-corrected chi connectivity index (χ4v) is 1.53. The van der Waals surface area contributed by atoms with Gasteiger partial charge in [0.2, 0.25) is 0 Å². The van der Waals surface area contributed by atoms with Crippen LogP contribution in [0.4, 0.5) is 5.69 Å². The maximum atomic E-state index is 10.7. The van der Waals surface area contributed by atoms with Crippen molar-refractivity contribution in [2.24, 2.45) is 0 Å². The SMILES string of the molecule is O=C([O-])COc1ccccc1N(CC[O-])CC(=O)[O-]. The second-order valence-corrected chi connectivity index (χ2v) is 3.63. The Labute approximate surface area is 109 Å². The number of rotatable bonds is 8. The summed E-state index contributed by atoms with van der Waals surface area (Å²) in [5.74, 6) is -2.57. The molecule has 0 aliphatic rings. The third kappa shape index (κ3) is 4.84. The first-order valence-corrected chi connectivity index (χ1v) is 5.49.